The maximum absolute atomic E-state index is 5.30. The van der Waals surface area contributed by atoms with Gasteiger partial charge >= 0.3 is 0 Å². The molecule has 106 valence electrons. The van der Waals surface area contributed by atoms with Gasteiger partial charge in [-0.15, -0.1) is 0 Å². The van der Waals surface area contributed by atoms with Crippen LogP contribution in [0.4, 0.5) is 0 Å². The molecule has 1 aromatic carbocycles. The second-order valence-electron chi connectivity index (χ2n) is 4.78. The van der Waals surface area contributed by atoms with Gasteiger partial charge in [0, 0.05) is 12.4 Å². The van der Waals surface area contributed by atoms with Crippen LogP contribution in [0.15, 0.2) is 36.7 Å². The van der Waals surface area contributed by atoms with Gasteiger partial charge in [-0.1, -0.05) is 19.1 Å². The summed E-state index contributed by atoms with van der Waals surface area (Å²) in [6.07, 6.45) is 4.76. The standard InChI is InChI=1S/C16H21N3O/c1-4-8-17-15(16-18-10-12(2)11-19-16)13-6-5-7-14(9-13)20-3/h5-7,9-11,15,17H,4,8H2,1-3H3. The smallest absolute Gasteiger partial charge is 0.149 e. The Morgan fingerprint density at radius 1 is 1.25 bits per heavy atom. The molecular formula is C16H21N3O. The first kappa shape index (κ1) is 14.5. The van der Waals surface area contributed by atoms with Gasteiger partial charge in [-0.05, 0) is 43.1 Å². The Bertz CT molecular complexity index is 540. The molecule has 1 aromatic heterocycles. The Morgan fingerprint density at radius 3 is 2.65 bits per heavy atom. The zero-order valence-electron chi connectivity index (χ0n) is 12.3. The third kappa shape index (κ3) is 3.54. The number of nitrogens with zero attached hydrogens (tertiary/aromatic N) is 2. The van der Waals surface area contributed by atoms with E-state index in [-0.39, 0.29) is 6.04 Å². The zero-order valence-corrected chi connectivity index (χ0v) is 12.3. The first-order chi connectivity index (χ1) is 9.74. The lowest BCUT2D eigenvalue weighted by Gasteiger charge is -2.18. The van der Waals surface area contributed by atoms with E-state index < -0.39 is 0 Å². The second-order valence-corrected chi connectivity index (χ2v) is 4.78. The molecule has 4 nitrogen and oxygen atoms in total. The van der Waals surface area contributed by atoms with E-state index in [4.69, 9.17) is 4.74 Å². The molecule has 2 aromatic rings. The van der Waals surface area contributed by atoms with Crippen molar-refractivity contribution in [2.45, 2.75) is 26.3 Å². The molecule has 0 aliphatic carbocycles. The fraction of sp³-hybridized carbons (Fsp3) is 0.375. The predicted molar refractivity (Wildman–Crippen MR) is 79.9 cm³/mol. The van der Waals surface area contributed by atoms with Gasteiger partial charge in [-0.2, -0.15) is 0 Å². The van der Waals surface area contributed by atoms with Gasteiger partial charge in [-0.25, -0.2) is 9.97 Å². The van der Waals surface area contributed by atoms with Crippen LogP contribution in [0.5, 0.6) is 5.75 Å². The summed E-state index contributed by atoms with van der Waals surface area (Å²) in [5, 5.41) is 3.49. The maximum atomic E-state index is 5.30. The first-order valence-electron chi connectivity index (χ1n) is 6.90. The van der Waals surface area contributed by atoms with Crippen LogP contribution < -0.4 is 10.1 Å². The average molecular weight is 271 g/mol. The van der Waals surface area contributed by atoms with Crippen molar-refractivity contribution in [2.24, 2.45) is 0 Å². The molecule has 0 saturated heterocycles. The van der Waals surface area contributed by atoms with E-state index in [1.54, 1.807) is 7.11 Å². The maximum Gasteiger partial charge on any atom is 0.149 e. The number of ether oxygens (including phenoxy) is 1. The minimum atomic E-state index is -0.00866. The number of hydrogen-bond donors (Lipinski definition) is 1. The van der Waals surface area contributed by atoms with Crippen molar-refractivity contribution < 1.29 is 4.74 Å². The molecule has 1 N–H and O–H groups in total. The van der Waals surface area contributed by atoms with Crippen LogP contribution in [0.1, 0.15) is 36.3 Å². The Morgan fingerprint density at radius 2 is 2.00 bits per heavy atom. The topological polar surface area (TPSA) is 47.0 Å². The molecule has 20 heavy (non-hydrogen) atoms. The van der Waals surface area contributed by atoms with Crippen molar-refractivity contribution in [3.05, 3.63) is 53.6 Å². The molecule has 0 spiro atoms. The van der Waals surface area contributed by atoms with Gasteiger partial charge in [0.1, 0.15) is 11.6 Å². The predicted octanol–water partition coefficient (Wildman–Crippen LogP) is 2.88. The molecule has 1 heterocycles. The van der Waals surface area contributed by atoms with E-state index in [1.807, 2.05) is 37.5 Å². The number of hydrogen-bond acceptors (Lipinski definition) is 4. The molecule has 0 aliphatic heterocycles. The quantitative estimate of drug-likeness (QED) is 0.877. The summed E-state index contributed by atoms with van der Waals surface area (Å²) in [4.78, 5) is 8.90. The molecule has 0 radical (unpaired) electrons. The van der Waals surface area contributed by atoms with Gasteiger partial charge in [0.05, 0.1) is 13.2 Å². The Kier molecular flexibility index (Phi) is 5.07. The lowest BCUT2D eigenvalue weighted by Crippen LogP contribution is -2.25. The highest BCUT2D eigenvalue weighted by molar-refractivity contribution is 5.33. The van der Waals surface area contributed by atoms with Crippen molar-refractivity contribution in [1.82, 2.24) is 15.3 Å². The lowest BCUT2D eigenvalue weighted by molar-refractivity contribution is 0.413. The summed E-state index contributed by atoms with van der Waals surface area (Å²) in [6, 6.07) is 8.01. The third-order valence-corrected chi connectivity index (χ3v) is 3.08. The highest BCUT2D eigenvalue weighted by Gasteiger charge is 2.16. The van der Waals surface area contributed by atoms with Gasteiger partial charge < -0.3 is 10.1 Å². The summed E-state index contributed by atoms with van der Waals surface area (Å²) in [6.45, 7) is 5.05. The van der Waals surface area contributed by atoms with Crippen LogP contribution >= 0.6 is 0 Å². The number of benzene rings is 1. The van der Waals surface area contributed by atoms with Crippen LogP contribution in [0.3, 0.4) is 0 Å². The first-order valence-corrected chi connectivity index (χ1v) is 6.90. The third-order valence-electron chi connectivity index (χ3n) is 3.08. The lowest BCUT2D eigenvalue weighted by atomic mass is 10.1. The van der Waals surface area contributed by atoms with Crippen molar-refractivity contribution in [3.8, 4) is 5.75 Å². The Hall–Kier alpha value is -1.94. The molecule has 0 fully saturated rings. The van der Waals surface area contributed by atoms with Crippen LogP contribution in [0, 0.1) is 6.92 Å². The number of aryl methyl sites for hydroxylation is 1. The minimum absolute atomic E-state index is 0.00866. The van der Waals surface area contributed by atoms with Crippen molar-refractivity contribution >= 4 is 0 Å². The summed E-state index contributed by atoms with van der Waals surface area (Å²) in [7, 11) is 1.68. The van der Waals surface area contributed by atoms with Gasteiger partial charge in [0.15, 0.2) is 0 Å². The van der Waals surface area contributed by atoms with Crippen LogP contribution in [-0.2, 0) is 0 Å². The van der Waals surface area contributed by atoms with Crippen LogP contribution in [0.25, 0.3) is 0 Å². The Labute approximate surface area is 120 Å². The second kappa shape index (κ2) is 7.01. The van der Waals surface area contributed by atoms with Gasteiger partial charge in [0.25, 0.3) is 0 Å². The number of aromatic nitrogens is 2. The van der Waals surface area contributed by atoms with Gasteiger partial charge in [-0.3, -0.25) is 0 Å². The van der Waals surface area contributed by atoms with Crippen molar-refractivity contribution in [3.63, 3.8) is 0 Å². The molecule has 0 amide bonds. The van der Waals surface area contributed by atoms with E-state index in [0.29, 0.717) is 0 Å². The summed E-state index contributed by atoms with van der Waals surface area (Å²) in [5.74, 6) is 1.63. The highest BCUT2D eigenvalue weighted by Crippen LogP contribution is 2.23. The largest absolute Gasteiger partial charge is 0.497 e. The number of rotatable bonds is 6. The molecule has 4 heteroatoms. The summed E-state index contributed by atoms with van der Waals surface area (Å²) in [5.41, 5.74) is 2.18. The van der Waals surface area contributed by atoms with E-state index in [1.165, 1.54) is 0 Å². The zero-order chi connectivity index (χ0) is 14.4. The Balaban J connectivity index is 2.32. The molecule has 1 atom stereocenters. The fourth-order valence-electron chi connectivity index (χ4n) is 2.02. The number of nitrogens with one attached hydrogen (secondary N) is 1. The SMILES string of the molecule is CCCNC(c1cccc(OC)c1)c1ncc(C)cn1. The molecule has 0 saturated carbocycles. The normalized spacial score (nSPS) is 12.2. The molecule has 1 unspecified atom stereocenters. The monoisotopic (exact) mass is 271 g/mol. The highest BCUT2D eigenvalue weighted by atomic mass is 16.5. The minimum Gasteiger partial charge on any atom is -0.497 e. The van der Waals surface area contributed by atoms with Crippen LogP contribution in [-0.4, -0.2) is 23.6 Å². The van der Waals surface area contributed by atoms with Gasteiger partial charge in [0.2, 0.25) is 0 Å². The molecule has 2 rings (SSSR count). The van der Waals surface area contributed by atoms with E-state index in [0.717, 1.165) is 35.7 Å². The fourth-order valence-corrected chi connectivity index (χ4v) is 2.02. The molecule has 0 bridgehead atoms. The molecular weight excluding hydrogens is 250 g/mol. The van der Waals surface area contributed by atoms with Crippen LogP contribution in [0.2, 0.25) is 0 Å². The summed E-state index contributed by atoms with van der Waals surface area (Å²) >= 11 is 0. The van der Waals surface area contributed by atoms with Crippen molar-refractivity contribution in [2.75, 3.05) is 13.7 Å². The van der Waals surface area contributed by atoms with Crippen molar-refractivity contribution in [1.29, 1.82) is 0 Å². The van der Waals surface area contributed by atoms with E-state index >= 15 is 0 Å². The van der Waals surface area contributed by atoms with E-state index in [2.05, 4.69) is 28.3 Å². The summed E-state index contributed by atoms with van der Waals surface area (Å²) < 4.78 is 5.30. The number of methoxy groups -OCH3 is 1. The average Bonchev–Trinajstić information content (AvgIpc) is 2.49. The van der Waals surface area contributed by atoms with E-state index in [9.17, 15) is 0 Å². The molecule has 0 aliphatic rings.